The van der Waals surface area contributed by atoms with E-state index in [4.69, 9.17) is 0 Å². The first-order valence-corrected chi connectivity index (χ1v) is 14.5. The van der Waals surface area contributed by atoms with Crippen LogP contribution >= 0.6 is 0 Å². The Morgan fingerprint density at radius 3 is 1.77 bits per heavy atom. The number of halogens is 2. The average Bonchev–Trinajstić information content (AvgIpc) is 3.51. The van der Waals surface area contributed by atoms with Crippen LogP contribution in [0.4, 0.5) is 0 Å². The molecule has 0 heterocycles. The van der Waals surface area contributed by atoms with Crippen molar-refractivity contribution >= 4 is 17.2 Å². The maximum absolute atomic E-state index is 3.94. The Morgan fingerprint density at radius 2 is 1.28 bits per heavy atom. The normalized spacial score (nSPS) is 13.3. The second kappa shape index (κ2) is 13.3. The Morgan fingerprint density at radius 1 is 0.698 bits per heavy atom. The maximum Gasteiger partial charge on any atom is 3.00 e. The van der Waals surface area contributed by atoms with E-state index in [0.717, 1.165) is 6.42 Å². The Balaban J connectivity index is 0.00000169. The number of allylic oxidation sites excluding steroid dienone is 4. The smallest absolute Gasteiger partial charge is 1.00 e. The molecule has 3 heteroatoms. The van der Waals surface area contributed by atoms with Crippen LogP contribution in [-0.4, -0.2) is 0 Å². The zero-order valence-electron chi connectivity index (χ0n) is 26.2. The molecule has 0 N–H and O–H groups in total. The molecule has 0 unspecified atom stereocenters. The SMILES string of the molecule is CC1=CCC(c2c(C(C)(C)C)c(=C(c3ccccc3)c3ccccc3)cc3c2=[C-]c2cc(C(C)(C)C)ccc2-3)=C1.[Cl-].[Cl-].[Zr+3]. The van der Waals surface area contributed by atoms with Gasteiger partial charge in [-0.05, 0) is 46.1 Å². The van der Waals surface area contributed by atoms with Gasteiger partial charge in [0.05, 0.1) is 0 Å². The van der Waals surface area contributed by atoms with Gasteiger partial charge in [0.2, 0.25) is 0 Å². The van der Waals surface area contributed by atoms with Crippen molar-refractivity contribution in [3.8, 4) is 11.1 Å². The van der Waals surface area contributed by atoms with Gasteiger partial charge in [-0.15, -0.1) is 34.1 Å². The van der Waals surface area contributed by atoms with Crippen LogP contribution in [0.3, 0.4) is 0 Å². The molecule has 0 fully saturated rings. The van der Waals surface area contributed by atoms with Crippen LogP contribution in [0.1, 0.15) is 88.3 Å². The molecule has 0 atom stereocenters. The largest absolute Gasteiger partial charge is 3.00 e. The molecule has 2 aliphatic carbocycles. The second-order valence-corrected chi connectivity index (χ2v) is 13.4. The third-order valence-electron chi connectivity index (χ3n) is 8.27. The standard InChI is InChI=1S/C40H39.2ClH.Zr/c1-26-18-19-29(22-26)37-34-24-30-23-31(39(2,3)4)20-21-32(30)33(34)25-35(38(37)40(5,6)7)36(27-14-10-8-11-15-27)28-16-12-9-13-17-28;;;/h8-18,20-23,25H,19H2,1-7H3;2*1H;/q-1;;;+3/p-2. The van der Waals surface area contributed by atoms with E-state index < -0.39 is 0 Å². The van der Waals surface area contributed by atoms with E-state index in [9.17, 15) is 0 Å². The van der Waals surface area contributed by atoms with Crippen molar-refractivity contribution in [1.82, 2.24) is 0 Å². The van der Waals surface area contributed by atoms with E-state index in [0.29, 0.717) is 0 Å². The summed E-state index contributed by atoms with van der Waals surface area (Å²) < 4.78 is 0. The summed E-state index contributed by atoms with van der Waals surface area (Å²) in [5.74, 6) is 0. The molecule has 0 saturated heterocycles. The van der Waals surface area contributed by atoms with Crippen molar-refractivity contribution in [2.75, 3.05) is 0 Å². The summed E-state index contributed by atoms with van der Waals surface area (Å²) >= 11 is 0. The minimum atomic E-state index is -0.0845. The molecular formula is C40H39Cl2Zr. The van der Waals surface area contributed by atoms with Crippen LogP contribution in [-0.2, 0) is 37.0 Å². The quantitative estimate of drug-likeness (QED) is 0.257. The summed E-state index contributed by atoms with van der Waals surface area (Å²) in [6, 6.07) is 31.3. The molecule has 0 bridgehead atoms. The van der Waals surface area contributed by atoms with E-state index in [-0.39, 0.29) is 61.8 Å². The topological polar surface area (TPSA) is 0 Å². The van der Waals surface area contributed by atoms with Crippen molar-refractivity contribution in [2.45, 2.75) is 65.7 Å². The number of fused-ring (bicyclic) bond motifs is 3. The van der Waals surface area contributed by atoms with E-state index in [1.54, 1.807) is 0 Å². The minimum Gasteiger partial charge on any atom is -1.00 e. The number of hydrogen-bond donors (Lipinski definition) is 0. The second-order valence-electron chi connectivity index (χ2n) is 13.4. The van der Waals surface area contributed by atoms with Crippen molar-refractivity contribution < 1.29 is 51.0 Å². The van der Waals surface area contributed by atoms with Gasteiger partial charge in [0.25, 0.3) is 0 Å². The molecule has 43 heavy (non-hydrogen) atoms. The molecule has 2 aliphatic rings. The Hall–Kier alpha value is -2.44. The molecule has 0 aliphatic heterocycles. The fourth-order valence-electron chi connectivity index (χ4n) is 6.33. The minimum absolute atomic E-state index is 0. The van der Waals surface area contributed by atoms with E-state index in [1.807, 2.05) is 0 Å². The number of benzene rings is 4. The van der Waals surface area contributed by atoms with Crippen LogP contribution in [0.25, 0.3) is 28.3 Å². The van der Waals surface area contributed by atoms with Gasteiger partial charge in [0, 0.05) is 0 Å². The summed E-state index contributed by atoms with van der Waals surface area (Å²) in [6.45, 7) is 16.2. The van der Waals surface area contributed by atoms with Gasteiger partial charge >= 0.3 is 26.2 Å². The molecule has 0 nitrogen and oxygen atoms in total. The van der Waals surface area contributed by atoms with Crippen LogP contribution in [0.2, 0.25) is 0 Å². The zero-order valence-corrected chi connectivity index (χ0v) is 30.2. The Kier molecular flexibility index (Phi) is 10.8. The summed E-state index contributed by atoms with van der Waals surface area (Å²) in [5, 5.41) is 2.57. The third-order valence-corrected chi connectivity index (χ3v) is 8.27. The summed E-state index contributed by atoms with van der Waals surface area (Å²) in [6.07, 6.45) is 9.65. The third kappa shape index (κ3) is 6.66. The molecule has 4 aromatic rings. The molecule has 0 saturated carbocycles. The Bertz CT molecular complexity index is 1770. The summed E-state index contributed by atoms with van der Waals surface area (Å²) in [7, 11) is 0. The molecule has 217 valence electrons. The van der Waals surface area contributed by atoms with Crippen molar-refractivity contribution in [2.24, 2.45) is 0 Å². The maximum atomic E-state index is 3.94. The first-order valence-electron chi connectivity index (χ1n) is 14.5. The van der Waals surface area contributed by atoms with E-state index in [1.165, 1.54) is 71.7 Å². The van der Waals surface area contributed by atoms with Crippen LogP contribution in [0, 0.1) is 0 Å². The van der Waals surface area contributed by atoms with Crippen LogP contribution in [0.5, 0.6) is 0 Å². The first-order chi connectivity index (χ1) is 19.0. The first kappa shape index (κ1) is 35.0. The predicted octanol–water partition coefficient (Wildman–Crippen LogP) is 2.95. The molecular weight excluding hydrogens is 643 g/mol. The van der Waals surface area contributed by atoms with E-state index >= 15 is 0 Å². The predicted molar refractivity (Wildman–Crippen MR) is 172 cm³/mol. The fraction of sp³-hybridized carbons (Fsp3) is 0.250. The van der Waals surface area contributed by atoms with Gasteiger partial charge in [-0.25, -0.2) is 0 Å². The van der Waals surface area contributed by atoms with Gasteiger partial charge in [0.1, 0.15) is 0 Å². The molecule has 6 rings (SSSR count). The summed E-state index contributed by atoms with van der Waals surface area (Å²) in [5.41, 5.74) is 14.4. The molecule has 0 spiro atoms. The molecule has 0 amide bonds. The van der Waals surface area contributed by atoms with E-state index in [2.05, 4.69) is 152 Å². The van der Waals surface area contributed by atoms with Crippen molar-refractivity contribution in [3.05, 3.63) is 146 Å². The van der Waals surface area contributed by atoms with Gasteiger partial charge in [-0.2, -0.15) is 0 Å². The van der Waals surface area contributed by atoms with Gasteiger partial charge in [0.15, 0.2) is 0 Å². The molecule has 1 radical (unpaired) electrons. The molecule has 4 aromatic carbocycles. The van der Waals surface area contributed by atoms with Gasteiger partial charge in [-0.3, -0.25) is 0 Å². The Labute approximate surface area is 289 Å². The summed E-state index contributed by atoms with van der Waals surface area (Å²) in [4.78, 5) is 0. The van der Waals surface area contributed by atoms with Crippen molar-refractivity contribution in [1.29, 1.82) is 0 Å². The number of rotatable bonds is 3. The van der Waals surface area contributed by atoms with Crippen molar-refractivity contribution in [3.63, 3.8) is 0 Å². The monoisotopic (exact) mass is 679 g/mol. The zero-order chi connectivity index (χ0) is 28.2. The fourth-order valence-corrected chi connectivity index (χ4v) is 6.33. The van der Waals surface area contributed by atoms with Crippen LogP contribution in [0.15, 0.2) is 103 Å². The van der Waals surface area contributed by atoms with Crippen LogP contribution < -0.4 is 35.3 Å². The van der Waals surface area contributed by atoms with Gasteiger partial charge in [-0.1, -0.05) is 160 Å². The molecule has 0 aromatic heterocycles. The van der Waals surface area contributed by atoms with Gasteiger partial charge < -0.3 is 24.8 Å². The number of hydrogen-bond acceptors (Lipinski definition) is 0. The average molecular weight is 682 g/mol.